The maximum atomic E-state index is 10.9. The first-order chi connectivity index (χ1) is 7.79. The smallest absolute Gasteiger partial charge is 0.151 e. The third-order valence-corrected chi connectivity index (χ3v) is 3.36. The quantitative estimate of drug-likeness (QED) is 0.816. The van der Waals surface area contributed by atoms with Gasteiger partial charge in [-0.1, -0.05) is 27.7 Å². The lowest BCUT2D eigenvalue weighted by Crippen LogP contribution is -1.87. The number of nitrogens with zero attached hydrogens (tertiary/aromatic N) is 2. The Morgan fingerprint density at radius 3 is 2.88 bits per heavy atom. The fourth-order valence-corrected chi connectivity index (χ4v) is 2.35. The second-order valence-electron chi connectivity index (χ2n) is 2.95. The molecule has 0 N–H and O–H groups in total. The van der Waals surface area contributed by atoms with E-state index in [-0.39, 0.29) is 0 Å². The zero-order valence-corrected chi connectivity index (χ0v) is 10.5. The summed E-state index contributed by atoms with van der Waals surface area (Å²) in [4.78, 5) is 19.9. The molecule has 0 saturated heterocycles. The van der Waals surface area contributed by atoms with E-state index in [4.69, 9.17) is 0 Å². The molecule has 0 bridgehead atoms. The average Bonchev–Trinajstić information content (AvgIpc) is 2.33. The zero-order chi connectivity index (χ0) is 11.4. The van der Waals surface area contributed by atoms with Gasteiger partial charge in [0.05, 0.1) is 6.20 Å². The van der Waals surface area contributed by atoms with E-state index in [2.05, 4.69) is 25.9 Å². The molecule has 0 unspecified atom stereocenters. The molecule has 0 aliphatic carbocycles. The van der Waals surface area contributed by atoms with Gasteiger partial charge in [-0.15, -0.1) is 0 Å². The van der Waals surface area contributed by atoms with Crippen LogP contribution in [0.1, 0.15) is 10.4 Å². The normalized spacial score (nSPS) is 10.1. The molecule has 0 saturated carbocycles. The average molecular weight is 295 g/mol. The zero-order valence-electron chi connectivity index (χ0n) is 8.13. The highest BCUT2D eigenvalue weighted by atomic mass is 79.9. The SMILES string of the molecule is O=Cc1cc(Br)ccc1Sc1cnccn1. The molecule has 16 heavy (non-hydrogen) atoms. The number of hydrogen-bond acceptors (Lipinski definition) is 4. The molecule has 2 aromatic rings. The number of aromatic nitrogens is 2. The molecule has 1 aromatic heterocycles. The lowest BCUT2D eigenvalue weighted by atomic mass is 10.2. The first kappa shape index (κ1) is 11.3. The van der Waals surface area contributed by atoms with Crippen LogP contribution in [0.4, 0.5) is 0 Å². The van der Waals surface area contributed by atoms with Crippen molar-refractivity contribution in [3.05, 3.63) is 46.8 Å². The van der Waals surface area contributed by atoms with Gasteiger partial charge in [0.15, 0.2) is 6.29 Å². The van der Waals surface area contributed by atoms with Crippen molar-refractivity contribution in [2.24, 2.45) is 0 Å². The Kier molecular flexibility index (Phi) is 3.69. The molecule has 3 nitrogen and oxygen atoms in total. The predicted molar refractivity (Wildman–Crippen MR) is 65.7 cm³/mol. The lowest BCUT2D eigenvalue weighted by Gasteiger charge is -2.03. The number of hydrogen-bond donors (Lipinski definition) is 0. The Labute approximate surface area is 105 Å². The Morgan fingerprint density at radius 1 is 1.31 bits per heavy atom. The van der Waals surface area contributed by atoms with Crippen LogP contribution in [0.5, 0.6) is 0 Å². The topological polar surface area (TPSA) is 42.9 Å². The number of aldehydes is 1. The van der Waals surface area contributed by atoms with E-state index in [0.29, 0.717) is 5.56 Å². The van der Waals surface area contributed by atoms with Crippen LogP contribution in [0.25, 0.3) is 0 Å². The summed E-state index contributed by atoms with van der Waals surface area (Å²) in [5, 5.41) is 0.771. The van der Waals surface area contributed by atoms with E-state index in [9.17, 15) is 4.79 Å². The maximum absolute atomic E-state index is 10.9. The van der Waals surface area contributed by atoms with Crippen molar-refractivity contribution < 1.29 is 4.79 Å². The van der Waals surface area contributed by atoms with Gasteiger partial charge in [-0.3, -0.25) is 9.78 Å². The number of carbonyl (C=O) groups is 1. The highest BCUT2D eigenvalue weighted by Crippen LogP contribution is 2.29. The summed E-state index contributed by atoms with van der Waals surface area (Å²) < 4.78 is 0.887. The third-order valence-electron chi connectivity index (χ3n) is 1.85. The Hall–Kier alpha value is -1.20. The third kappa shape index (κ3) is 2.68. The minimum atomic E-state index is 0.644. The molecule has 80 valence electrons. The Morgan fingerprint density at radius 2 is 2.19 bits per heavy atom. The summed E-state index contributed by atoms with van der Waals surface area (Å²) in [5.74, 6) is 0. The first-order valence-corrected chi connectivity index (χ1v) is 6.09. The highest BCUT2D eigenvalue weighted by molar-refractivity contribution is 9.10. The van der Waals surface area contributed by atoms with Gasteiger partial charge in [-0.2, -0.15) is 0 Å². The number of rotatable bonds is 3. The second-order valence-corrected chi connectivity index (χ2v) is 4.92. The van der Waals surface area contributed by atoms with Crippen LogP contribution < -0.4 is 0 Å². The van der Waals surface area contributed by atoms with Crippen LogP contribution in [-0.2, 0) is 0 Å². The van der Waals surface area contributed by atoms with Crippen molar-refractivity contribution in [2.45, 2.75) is 9.92 Å². The number of halogens is 1. The van der Waals surface area contributed by atoms with Crippen molar-refractivity contribution in [1.29, 1.82) is 0 Å². The van der Waals surface area contributed by atoms with Crippen molar-refractivity contribution in [2.75, 3.05) is 0 Å². The Balaban J connectivity index is 2.31. The minimum absolute atomic E-state index is 0.644. The molecule has 0 aliphatic heterocycles. The molecule has 0 radical (unpaired) electrons. The van der Waals surface area contributed by atoms with Crippen LogP contribution in [0.2, 0.25) is 0 Å². The molecular weight excluding hydrogens is 288 g/mol. The Bertz CT molecular complexity index is 505. The van der Waals surface area contributed by atoms with Gasteiger partial charge in [0.2, 0.25) is 0 Å². The van der Waals surface area contributed by atoms with Crippen LogP contribution >= 0.6 is 27.7 Å². The van der Waals surface area contributed by atoms with Gasteiger partial charge >= 0.3 is 0 Å². The molecule has 1 heterocycles. The summed E-state index contributed by atoms with van der Waals surface area (Å²) in [5.41, 5.74) is 0.644. The van der Waals surface area contributed by atoms with Crippen molar-refractivity contribution in [3.8, 4) is 0 Å². The molecule has 0 spiro atoms. The van der Waals surface area contributed by atoms with Crippen molar-refractivity contribution >= 4 is 34.0 Å². The van der Waals surface area contributed by atoms with Crippen LogP contribution in [0.3, 0.4) is 0 Å². The van der Waals surface area contributed by atoms with Gasteiger partial charge in [-0.05, 0) is 18.2 Å². The van der Waals surface area contributed by atoms with Crippen LogP contribution in [0.15, 0.2) is 51.2 Å². The standard InChI is InChI=1S/C11H7BrN2OS/c12-9-1-2-10(8(5-9)7-15)16-11-6-13-3-4-14-11/h1-7H. The monoisotopic (exact) mass is 294 g/mol. The molecule has 0 atom stereocenters. The number of benzene rings is 1. The van der Waals surface area contributed by atoms with Crippen LogP contribution in [0, 0.1) is 0 Å². The highest BCUT2D eigenvalue weighted by Gasteiger charge is 2.05. The van der Waals surface area contributed by atoms with Crippen molar-refractivity contribution in [3.63, 3.8) is 0 Å². The summed E-state index contributed by atoms with van der Waals surface area (Å²) in [6.45, 7) is 0. The largest absolute Gasteiger partial charge is 0.298 e. The van der Waals surface area contributed by atoms with Crippen LogP contribution in [-0.4, -0.2) is 16.3 Å². The first-order valence-electron chi connectivity index (χ1n) is 4.48. The summed E-state index contributed by atoms with van der Waals surface area (Å²) in [6.07, 6.45) is 5.75. The molecule has 1 aromatic carbocycles. The van der Waals surface area contributed by atoms with E-state index >= 15 is 0 Å². The fraction of sp³-hybridized carbons (Fsp3) is 0. The number of carbonyl (C=O) groups excluding carboxylic acids is 1. The van der Waals surface area contributed by atoms with E-state index in [0.717, 1.165) is 20.7 Å². The summed E-state index contributed by atoms with van der Waals surface area (Å²) in [6, 6.07) is 5.56. The molecule has 2 rings (SSSR count). The molecular formula is C11H7BrN2OS. The fourth-order valence-electron chi connectivity index (χ4n) is 1.16. The van der Waals surface area contributed by atoms with E-state index in [1.54, 1.807) is 24.7 Å². The van der Waals surface area contributed by atoms with Gasteiger partial charge < -0.3 is 0 Å². The summed E-state index contributed by atoms with van der Waals surface area (Å²) in [7, 11) is 0. The van der Waals surface area contributed by atoms with Gasteiger partial charge in [0.1, 0.15) is 5.03 Å². The minimum Gasteiger partial charge on any atom is -0.298 e. The molecule has 0 fully saturated rings. The predicted octanol–water partition coefficient (Wildman–Crippen LogP) is 3.20. The van der Waals surface area contributed by atoms with Crippen molar-refractivity contribution in [1.82, 2.24) is 9.97 Å². The lowest BCUT2D eigenvalue weighted by molar-refractivity contribution is 0.112. The van der Waals surface area contributed by atoms with E-state index < -0.39 is 0 Å². The van der Waals surface area contributed by atoms with E-state index in [1.807, 2.05) is 12.1 Å². The molecule has 0 aliphatic rings. The van der Waals surface area contributed by atoms with Gasteiger partial charge in [0, 0.05) is 27.3 Å². The van der Waals surface area contributed by atoms with Gasteiger partial charge in [-0.25, -0.2) is 4.98 Å². The second kappa shape index (κ2) is 5.23. The molecule has 5 heteroatoms. The van der Waals surface area contributed by atoms with E-state index in [1.165, 1.54) is 11.8 Å². The maximum Gasteiger partial charge on any atom is 0.151 e. The summed E-state index contributed by atoms with van der Waals surface area (Å²) >= 11 is 4.75. The molecule has 0 amide bonds. The van der Waals surface area contributed by atoms with Gasteiger partial charge in [0.25, 0.3) is 0 Å².